The van der Waals surface area contributed by atoms with Crippen LogP contribution in [0.25, 0.3) is 5.70 Å². The minimum atomic E-state index is -0.759. The van der Waals surface area contributed by atoms with E-state index < -0.39 is 17.4 Å². The predicted molar refractivity (Wildman–Crippen MR) is 133 cm³/mol. The number of anilines is 1. The summed E-state index contributed by atoms with van der Waals surface area (Å²) in [6.45, 7) is 6.04. The number of hydrogen-bond acceptors (Lipinski definition) is 4. The van der Waals surface area contributed by atoms with Crippen LogP contribution in [0.3, 0.4) is 0 Å². The molecule has 0 saturated carbocycles. The summed E-state index contributed by atoms with van der Waals surface area (Å²) in [6.07, 6.45) is 1.67. The molecule has 180 valence electrons. The Labute approximate surface area is 205 Å². The highest BCUT2D eigenvalue weighted by atomic mass is 35.5. The molecule has 0 bridgehead atoms. The van der Waals surface area contributed by atoms with Crippen molar-refractivity contribution in [1.82, 2.24) is 10.2 Å². The van der Waals surface area contributed by atoms with Gasteiger partial charge < -0.3 is 15.4 Å². The SMILES string of the molecule is CCCCN1C(=O)N[C@@H](c2cccc(NC(=O)[C@H](C)Cl)c2)C(C(=O)OCC)=C1c1ccccc1. The third kappa shape index (κ3) is 5.78. The number of nitrogens with one attached hydrogen (secondary N) is 2. The van der Waals surface area contributed by atoms with Gasteiger partial charge >= 0.3 is 12.0 Å². The topological polar surface area (TPSA) is 87.7 Å². The Morgan fingerprint density at radius 2 is 1.88 bits per heavy atom. The zero-order valence-corrected chi connectivity index (χ0v) is 20.4. The first-order valence-electron chi connectivity index (χ1n) is 11.5. The fraction of sp³-hybridized carbons (Fsp3) is 0.346. The van der Waals surface area contributed by atoms with Crippen LogP contribution in [0.4, 0.5) is 10.5 Å². The van der Waals surface area contributed by atoms with Crippen molar-refractivity contribution in [2.45, 2.75) is 45.0 Å². The van der Waals surface area contributed by atoms with Crippen LogP contribution < -0.4 is 10.6 Å². The largest absolute Gasteiger partial charge is 0.463 e. The summed E-state index contributed by atoms with van der Waals surface area (Å²) in [7, 11) is 0. The fourth-order valence-corrected chi connectivity index (χ4v) is 3.86. The molecule has 1 aliphatic rings. The van der Waals surface area contributed by atoms with E-state index >= 15 is 0 Å². The molecule has 8 heteroatoms. The first-order chi connectivity index (χ1) is 16.4. The standard InChI is InChI=1S/C26H30ClN3O4/c1-4-6-15-30-23(18-11-8-7-9-12-18)21(25(32)34-5-2)22(29-26(30)33)19-13-10-14-20(16-19)28-24(31)17(3)27/h7-14,16-17,22H,4-6,15H2,1-3H3,(H,28,31)(H,29,33)/t17-,22-/m0/s1. The molecule has 3 rings (SSSR count). The predicted octanol–water partition coefficient (Wildman–Crippen LogP) is 5.09. The van der Waals surface area contributed by atoms with E-state index in [1.807, 2.05) is 37.3 Å². The van der Waals surface area contributed by atoms with E-state index in [0.29, 0.717) is 29.1 Å². The molecule has 0 radical (unpaired) electrons. The van der Waals surface area contributed by atoms with Gasteiger partial charge in [-0.15, -0.1) is 11.6 Å². The Bertz CT molecular complexity index is 1070. The second kappa shape index (κ2) is 11.7. The zero-order valence-electron chi connectivity index (χ0n) is 19.6. The maximum Gasteiger partial charge on any atom is 0.338 e. The van der Waals surface area contributed by atoms with Crippen LogP contribution in [0.5, 0.6) is 0 Å². The number of ether oxygens (including phenoxy) is 1. The molecule has 0 aromatic heterocycles. The number of carbonyl (C=O) groups excluding carboxylic acids is 3. The lowest BCUT2D eigenvalue weighted by molar-refractivity contribution is -0.139. The van der Waals surface area contributed by atoms with Crippen molar-refractivity contribution in [2.75, 3.05) is 18.5 Å². The van der Waals surface area contributed by atoms with Crippen molar-refractivity contribution in [1.29, 1.82) is 0 Å². The molecule has 1 heterocycles. The number of unbranched alkanes of at least 4 members (excludes halogenated alkanes) is 1. The molecule has 2 atom stereocenters. The molecule has 0 saturated heterocycles. The van der Waals surface area contributed by atoms with Gasteiger partial charge in [0.05, 0.1) is 23.9 Å². The van der Waals surface area contributed by atoms with E-state index in [0.717, 1.165) is 18.4 Å². The third-order valence-corrected chi connectivity index (χ3v) is 5.65. The molecular weight excluding hydrogens is 454 g/mol. The fourth-order valence-electron chi connectivity index (χ4n) is 3.81. The number of rotatable bonds is 9. The van der Waals surface area contributed by atoms with E-state index in [-0.39, 0.29) is 18.5 Å². The Morgan fingerprint density at radius 3 is 2.53 bits per heavy atom. The summed E-state index contributed by atoms with van der Waals surface area (Å²) in [6, 6.07) is 15.3. The lowest BCUT2D eigenvalue weighted by Gasteiger charge is -2.37. The molecular formula is C26H30ClN3O4. The number of nitrogens with zero attached hydrogens (tertiary/aromatic N) is 1. The molecule has 0 aliphatic carbocycles. The molecule has 0 spiro atoms. The first-order valence-corrected chi connectivity index (χ1v) is 11.9. The summed E-state index contributed by atoms with van der Waals surface area (Å²) in [4.78, 5) is 40.3. The number of carbonyl (C=O) groups is 3. The average molecular weight is 484 g/mol. The highest BCUT2D eigenvalue weighted by Crippen LogP contribution is 2.37. The number of alkyl halides is 1. The Hall–Kier alpha value is -3.32. The van der Waals surface area contributed by atoms with Crippen molar-refractivity contribution in [3.05, 3.63) is 71.3 Å². The van der Waals surface area contributed by atoms with Gasteiger partial charge in [0.25, 0.3) is 0 Å². The number of benzene rings is 2. The van der Waals surface area contributed by atoms with Gasteiger partial charge in [-0.05, 0) is 43.5 Å². The second-order valence-corrected chi connectivity index (χ2v) is 8.62. The molecule has 0 fully saturated rings. The molecule has 3 amide bonds. The normalized spacial score (nSPS) is 16.6. The van der Waals surface area contributed by atoms with Gasteiger partial charge in [0.2, 0.25) is 5.91 Å². The average Bonchev–Trinajstić information content (AvgIpc) is 2.83. The Kier molecular flexibility index (Phi) is 8.71. The maximum atomic E-state index is 13.3. The number of urea groups is 1. The Morgan fingerprint density at radius 1 is 1.15 bits per heavy atom. The van der Waals surface area contributed by atoms with E-state index in [4.69, 9.17) is 16.3 Å². The van der Waals surface area contributed by atoms with Crippen LogP contribution in [-0.2, 0) is 14.3 Å². The lowest BCUT2D eigenvalue weighted by atomic mass is 9.91. The van der Waals surface area contributed by atoms with Crippen molar-refractivity contribution < 1.29 is 19.1 Å². The van der Waals surface area contributed by atoms with Gasteiger partial charge in [0, 0.05) is 12.2 Å². The van der Waals surface area contributed by atoms with E-state index in [1.165, 1.54) is 0 Å². The minimum absolute atomic E-state index is 0.198. The van der Waals surface area contributed by atoms with Crippen LogP contribution in [0, 0.1) is 0 Å². The number of hydrogen-bond donors (Lipinski definition) is 2. The van der Waals surface area contributed by atoms with Crippen LogP contribution in [0.2, 0.25) is 0 Å². The van der Waals surface area contributed by atoms with Gasteiger partial charge in [0.1, 0.15) is 5.38 Å². The Balaban J connectivity index is 2.17. The molecule has 2 aromatic rings. The van der Waals surface area contributed by atoms with Crippen molar-refractivity contribution >= 4 is 40.9 Å². The summed E-state index contributed by atoms with van der Waals surface area (Å²) < 4.78 is 5.44. The van der Waals surface area contributed by atoms with Gasteiger partial charge in [-0.3, -0.25) is 9.69 Å². The van der Waals surface area contributed by atoms with E-state index in [9.17, 15) is 14.4 Å². The van der Waals surface area contributed by atoms with Gasteiger partial charge in [-0.2, -0.15) is 0 Å². The first kappa shape index (κ1) is 25.3. The van der Waals surface area contributed by atoms with Gasteiger partial charge in [0.15, 0.2) is 0 Å². The number of halogens is 1. The van der Waals surface area contributed by atoms with Gasteiger partial charge in [-0.1, -0.05) is 55.8 Å². The summed E-state index contributed by atoms with van der Waals surface area (Å²) >= 11 is 5.89. The molecule has 0 unspecified atom stereocenters. The summed E-state index contributed by atoms with van der Waals surface area (Å²) in [5.41, 5.74) is 2.78. The van der Waals surface area contributed by atoms with Crippen LogP contribution in [0.15, 0.2) is 60.2 Å². The minimum Gasteiger partial charge on any atom is -0.463 e. The quantitative estimate of drug-likeness (QED) is 0.384. The molecule has 2 aromatic carbocycles. The van der Waals surface area contributed by atoms with Crippen LogP contribution in [0.1, 0.15) is 50.8 Å². The molecule has 2 N–H and O–H groups in total. The molecule has 1 aliphatic heterocycles. The maximum absolute atomic E-state index is 13.3. The molecule has 7 nitrogen and oxygen atoms in total. The zero-order chi connectivity index (χ0) is 24.7. The van der Waals surface area contributed by atoms with E-state index in [2.05, 4.69) is 10.6 Å². The highest BCUT2D eigenvalue weighted by Gasteiger charge is 2.38. The number of amides is 3. The smallest absolute Gasteiger partial charge is 0.338 e. The van der Waals surface area contributed by atoms with Crippen molar-refractivity contribution in [3.63, 3.8) is 0 Å². The van der Waals surface area contributed by atoms with Crippen molar-refractivity contribution in [2.24, 2.45) is 0 Å². The van der Waals surface area contributed by atoms with Crippen molar-refractivity contribution in [3.8, 4) is 0 Å². The summed E-state index contributed by atoms with van der Waals surface area (Å²) in [5, 5.41) is 5.02. The second-order valence-electron chi connectivity index (χ2n) is 7.97. The van der Waals surface area contributed by atoms with Gasteiger partial charge in [-0.25, -0.2) is 9.59 Å². The highest BCUT2D eigenvalue weighted by molar-refractivity contribution is 6.32. The third-order valence-electron chi connectivity index (χ3n) is 5.45. The number of esters is 1. The van der Waals surface area contributed by atoms with E-state index in [1.54, 1.807) is 43.0 Å². The molecule has 34 heavy (non-hydrogen) atoms. The van der Waals surface area contributed by atoms with Crippen LogP contribution in [-0.4, -0.2) is 41.3 Å². The summed E-state index contributed by atoms with van der Waals surface area (Å²) in [5.74, 6) is -0.847. The monoisotopic (exact) mass is 483 g/mol. The lowest BCUT2D eigenvalue weighted by Crippen LogP contribution is -2.48. The van der Waals surface area contributed by atoms with Crippen LogP contribution >= 0.6 is 11.6 Å².